The zero-order chi connectivity index (χ0) is 16.7. The smallest absolute Gasteiger partial charge is 0.234 e. The maximum absolute atomic E-state index is 12.0. The molecule has 0 heterocycles. The monoisotopic (exact) mass is 351 g/mol. The number of hydrogen-bond donors (Lipinski definition) is 1. The maximum Gasteiger partial charge on any atom is 0.234 e. The zero-order valence-electron chi connectivity index (χ0n) is 13.0. The van der Waals surface area contributed by atoms with E-state index in [1.165, 1.54) is 0 Å². The van der Waals surface area contributed by atoms with E-state index in [1.54, 1.807) is 44.2 Å². The average Bonchev–Trinajstić information content (AvgIpc) is 2.56. The number of nitrogens with one attached hydrogen (secondary N) is 1. The lowest BCUT2D eigenvalue weighted by molar-refractivity contribution is -0.113. The molecule has 0 aliphatic heterocycles. The van der Waals surface area contributed by atoms with Crippen molar-refractivity contribution < 1.29 is 14.3 Å². The van der Waals surface area contributed by atoms with Crippen LogP contribution >= 0.6 is 23.4 Å². The van der Waals surface area contributed by atoms with Gasteiger partial charge >= 0.3 is 0 Å². The summed E-state index contributed by atoms with van der Waals surface area (Å²) in [5.41, 5.74) is 1.82. The summed E-state index contributed by atoms with van der Waals surface area (Å²) in [4.78, 5) is 12.0. The van der Waals surface area contributed by atoms with Gasteiger partial charge in [-0.05, 0) is 29.8 Å². The normalized spacial score (nSPS) is 10.2. The minimum atomic E-state index is -0.0591. The van der Waals surface area contributed by atoms with Crippen LogP contribution in [0.25, 0.3) is 0 Å². The molecule has 0 fully saturated rings. The third-order valence-corrected chi connectivity index (χ3v) is 4.34. The lowest BCUT2D eigenvalue weighted by Crippen LogP contribution is -2.14. The number of carbonyl (C=O) groups excluding carboxylic acids is 1. The molecule has 23 heavy (non-hydrogen) atoms. The zero-order valence-corrected chi connectivity index (χ0v) is 14.5. The first-order chi connectivity index (χ1) is 11.1. The van der Waals surface area contributed by atoms with Crippen LogP contribution < -0.4 is 14.8 Å². The fourth-order valence-electron chi connectivity index (χ4n) is 1.95. The summed E-state index contributed by atoms with van der Waals surface area (Å²) in [7, 11) is 3.13. The van der Waals surface area contributed by atoms with Crippen molar-refractivity contribution in [3.8, 4) is 11.5 Å². The van der Waals surface area contributed by atoms with Gasteiger partial charge in [0.15, 0.2) is 11.5 Å². The topological polar surface area (TPSA) is 47.6 Å². The van der Waals surface area contributed by atoms with Crippen molar-refractivity contribution in [1.29, 1.82) is 0 Å². The number of thioether (sulfide) groups is 1. The van der Waals surface area contributed by atoms with E-state index in [0.717, 1.165) is 11.3 Å². The Labute approximate surface area is 145 Å². The maximum atomic E-state index is 12.0. The van der Waals surface area contributed by atoms with E-state index in [2.05, 4.69) is 5.32 Å². The van der Waals surface area contributed by atoms with Crippen molar-refractivity contribution in [2.24, 2.45) is 0 Å². The molecule has 0 aliphatic carbocycles. The highest BCUT2D eigenvalue weighted by molar-refractivity contribution is 7.99. The largest absolute Gasteiger partial charge is 0.493 e. The first-order valence-corrected chi connectivity index (χ1v) is 8.49. The van der Waals surface area contributed by atoms with Gasteiger partial charge in [-0.25, -0.2) is 0 Å². The fraction of sp³-hybridized carbons (Fsp3) is 0.235. The Bertz CT molecular complexity index is 661. The molecule has 4 nitrogen and oxygen atoms in total. The quantitative estimate of drug-likeness (QED) is 0.811. The summed E-state index contributed by atoms with van der Waals surface area (Å²) < 4.78 is 10.4. The van der Waals surface area contributed by atoms with Crippen molar-refractivity contribution in [2.75, 3.05) is 25.3 Å². The first-order valence-electron chi connectivity index (χ1n) is 6.96. The third-order valence-electron chi connectivity index (χ3n) is 3.08. The van der Waals surface area contributed by atoms with Gasteiger partial charge in [0, 0.05) is 22.5 Å². The SMILES string of the molecule is COc1ccc(NC(=O)CSCc2ccc(Cl)cc2)cc1OC. The summed E-state index contributed by atoms with van der Waals surface area (Å²) in [6.07, 6.45) is 0. The summed E-state index contributed by atoms with van der Waals surface area (Å²) in [5, 5.41) is 3.56. The van der Waals surface area contributed by atoms with E-state index in [4.69, 9.17) is 21.1 Å². The molecule has 122 valence electrons. The Morgan fingerprint density at radius 3 is 2.43 bits per heavy atom. The van der Waals surface area contributed by atoms with E-state index in [0.29, 0.717) is 28.0 Å². The second-order valence-corrected chi connectivity index (χ2v) is 6.16. The van der Waals surface area contributed by atoms with Crippen molar-refractivity contribution in [2.45, 2.75) is 5.75 Å². The molecule has 0 atom stereocenters. The molecule has 0 saturated heterocycles. The Kier molecular flexibility index (Phi) is 6.62. The predicted octanol–water partition coefficient (Wildman–Crippen LogP) is 4.23. The molecule has 2 aromatic rings. The molecule has 0 radical (unpaired) electrons. The van der Waals surface area contributed by atoms with Crippen molar-refractivity contribution >= 4 is 35.0 Å². The Morgan fingerprint density at radius 1 is 1.09 bits per heavy atom. The molecule has 0 spiro atoms. The second-order valence-electron chi connectivity index (χ2n) is 4.74. The molecule has 0 saturated carbocycles. The average molecular weight is 352 g/mol. The highest BCUT2D eigenvalue weighted by Crippen LogP contribution is 2.29. The summed E-state index contributed by atoms with van der Waals surface area (Å²) in [6.45, 7) is 0. The van der Waals surface area contributed by atoms with E-state index >= 15 is 0 Å². The number of rotatable bonds is 7. The number of ether oxygens (including phenoxy) is 2. The van der Waals surface area contributed by atoms with E-state index < -0.39 is 0 Å². The van der Waals surface area contributed by atoms with Gasteiger partial charge in [0.2, 0.25) is 5.91 Å². The molecule has 2 aromatic carbocycles. The van der Waals surface area contributed by atoms with Crippen LogP contribution in [0.5, 0.6) is 11.5 Å². The lowest BCUT2D eigenvalue weighted by atomic mass is 10.2. The molecule has 6 heteroatoms. The van der Waals surface area contributed by atoms with Crippen molar-refractivity contribution in [1.82, 2.24) is 0 Å². The van der Waals surface area contributed by atoms with Gasteiger partial charge in [0.05, 0.1) is 20.0 Å². The van der Waals surface area contributed by atoms with Crippen LogP contribution in [0.1, 0.15) is 5.56 Å². The summed E-state index contributed by atoms with van der Waals surface area (Å²) in [6, 6.07) is 12.9. The number of hydrogen-bond acceptors (Lipinski definition) is 4. The Morgan fingerprint density at radius 2 is 1.78 bits per heavy atom. The number of benzene rings is 2. The standard InChI is InChI=1S/C17H18ClNO3S/c1-21-15-8-7-14(9-16(15)22-2)19-17(20)11-23-10-12-3-5-13(18)6-4-12/h3-9H,10-11H2,1-2H3,(H,19,20). The highest BCUT2D eigenvalue weighted by atomic mass is 35.5. The van der Waals surface area contributed by atoms with Crippen LogP contribution in [-0.4, -0.2) is 25.9 Å². The van der Waals surface area contributed by atoms with Gasteiger partial charge in [-0.2, -0.15) is 0 Å². The molecule has 1 amide bonds. The number of amides is 1. The van der Waals surface area contributed by atoms with Crippen molar-refractivity contribution in [3.63, 3.8) is 0 Å². The fourth-order valence-corrected chi connectivity index (χ4v) is 2.87. The van der Waals surface area contributed by atoms with Crippen LogP contribution in [0, 0.1) is 0 Å². The van der Waals surface area contributed by atoms with Gasteiger partial charge in [0.1, 0.15) is 0 Å². The van der Waals surface area contributed by atoms with E-state index in [9.17, 15) is 4.79 Å². The molecule has 2 rings (SSSR count). The third kappa shape index (κ3) is 5.37. The van der Waals surface area contributed by atoms with Gasteiger partial charge in [-0.1, -0.05) is 23.7 Å². The van der Waals surface area contributed by atoms with Crippen molar-refractivity contribution in [3.05, 3.63) is 53.1 Å². The number of halogens is 1. The molecule has 0 aromatic heterocycles. The Balaban J connectivity index is 1.83. The second kappa shape index (κ2) is 8.70. The minimum absolute atomic E-state index is 0.0591. The number of methoxy groups -OCH3 is 2. The van der Waals surface area contributed by atoms with Gasteiger partial charge in [-0.3, -0.25) is 4.79 Å². The molecular formula is C17H18ClNO3S. The van der Waals surface area contributed by atoms with Crippen LogP contribution in [0.15, 0.2) is 42.5 Å². The molecule has 0 unspecified atom stereocenters. The molecule has 0 bridgehead atoms. The molecule has 1 N–H and O–H groups in total. The Hall–Kier alpha value is -1.85. The van der Waals surface area contributed by atoms with Gasteiger partial charge < -0.3 is 14.8 Å². The summed E-state index contributed by atoms with van der Waals surface area (Å²) in [5.74, 6) is 2.28. The van der Waals surface area contributed by atoms with E-state index in [-0.39, 0.29) is 5.91 Å². The van der Waals surface area contributed by atoms with Crippen LogP contribution in [0.2, 0.25) is 5.02 Å². The minimum Gasteiger partial charge on any atom is -0.493 e. The van der Waals surface area contributed by atoms with Gasteiger partial charge in [0.25, 0.3) is 0 Å². The predicted molar refractivity (Wildman–Crippen MR) is 95.8 cm³/mol. The summed E-state index contributed by atoms with van der Waals surface area (Å²) >= 11 is 7.39. The number of anilines is 1. The highest BCUT2D eigenvalue weighted by Gasteiger charge is 2.07. The van der Waals surface area contributed by atoms with Crippen LogP contribution in [-0.2, 0) is 10.5 Å². The van der Waals surface area contributed by atoms with Crippen LogP contribution in [0.3, 0.4) is 0 Å². The first kappa shape index (κ1) is 17.5. The van der Waals surface area contributed by atoms with Gasteiger partial charge in [-0.15, -0.1) is 11.8 Å². The molecular weight excluding hydrogens is 334 g/mol. The number of carbonyl (C=O) groups is 1. The molecule has 0 aliphatic rings. The van der Waals surface area contributed by atoms with E-state index in [1.807, 2.05) is 24.3 Å². The lowest BCUT2D eigenvalue weighted by Gasteiger charge is -2.10. The van der Waals surface area contributed by atoms with Crippen LogP contribution in [0.4, 0.5) is 5.69 Å².